The van der Waals surface area contributed by atoms with Gasteiger partial charge in [0, 0.05) is 17.1 Å². The number of unbranched alkanes of at least 4 members (excludes halogenated alkanes) is 10. The molecule has 0 saturated carbocycles. The van der Waals surface area contributed by atoms with E-state index in [0.717, 1.165) is 0 Å². The second-order valence-corrected chi connectivity index (χ2v) is 12.5. The number of hydrogen-bond acceptors (Lipinski definition) is 1. The van der Waals surface area contributed by atoms with E-state index in [1.54, 1.807) is 0 Å². The molecule has 1 heteroatoms. The van der Waals surface area contributed by atoms with Gasteiger partial charge < -0.3 is 4.90 Å². The second kappa shape index (κ2) is 18.9. The summed E-state index contributed by atoms with van der Waals surface area (Å²) in [6.07, 6.45) is 22.8. The zero-order valence-electron chi connectivity index (χ0n) is 27.7. The first-order chi connectivity index (χ1) is 21.7. The molecule has 0 heterocycles. The summed E-state index contributed by atoms with van der Waals surface area (Å²) in [5.41, 5.74) is 10.2. The first-order valence-corrected chi connectivity index (χ1v) is 17.5. The van der Waals surface area contributed by atoms with E-state index in [1.807, 2.05) is 0 Å². The van der Waals surface area contributed by atoms with Gasteiger partial charge in [-0.3, -0.25) is 0 Å². The van der Waals surface area contributed by atoms with Crippen LogP contribution in [0.2, 0.25) is 0 Å². The molecule has 0 spiro atoms. The van der Waals surface area contributed by atoms with Crippen molar-refractivity contribution in [3.63, 3.8) is 0 Å². The summed E-state index contributed by atoms with van der Waals surface area (Å²) in [5, 5.41) is 0. The molecule has 0 amide bonds. The highest BCUT2D eigenvalue weighted by Crippen LogP contribution is 2.35. The maximum atomic E-state index is 2.40. The molecule has 0 aliphatic rings. The van der Waals surface area contributed by atoms with E-state index in [2.05, 4.69) is 135 Å². The minimum absolute atomic E-state index is 1.17. The van der Waals surface area contributed by atoms with Crippen molar-refractivity contribution in [2.75, 3.05) is 4.90 Å². The van der Waals surface area contributed by atoms with E-state index in [-0.39, 0.29) is 0 Å². The second-order valence-electron chi connectivity index (χ2n) is 12.5. The highest BCUT2D eigenvalue weighted by atomic mass is 15.1. The molecule has 0 fully saturated rings. The van der Waals surface area contributed by atoms with E-state index in [1.165, 1.54) is 135 Å². The van der Waals surface area contributed by atoms with Gasteiger partial charge in [-0.05, 0) is 91.3 Å². The fraction of sp³-hybridized carbons (Fsp3) is 0.395. The van der Waals surface area contributed by atoms with Crippen LogP contribution in [0.3, 0.4) is 0 Å². The van der Waals surface area contributed by atoms with Gasteiger partial charge >= 0.3 is 0 Å². The lowest BCUT2D eigenvalue weighted by Gasteiger charge is -2.26. The van der Waals surface area contributed by atoms with Crippen LogP contribution in [-0.4, -0.2) is 0 Å². The van der Waals surface area contributed by atoms with Crippen LogP contribution in [0.4, 0.5) is 17.1 Å². The zero-order chi connectivity index (χ0) is 30.8. The molecule has 0 saturated heterocycles. The van der Waals surface area contributed by atoms with Crippen molar-refractivity contribution >= 4 is 29.2 Å². The van der Waals surface area contributed by atoms with Crippen LogP contribution in [0, 0.1) is 6.92 Å². The molecular formula is C43H55N. The Morgan fingerprint density at radius 1 is 0.409 bits per heavy atom. The first kappa shape index (κ1) is 33.3. The Labute approximate surface area is 269 Å². The van der Waals surface area contributed by atoms with Crippen LogP contribution in [0.15, 0.2) is 97.1 Å². The standard InChI is InChI=1S/C43H55N/c1-4-6-8-10-12-14-16-37-24-30-41(31-25-37)44(42-32-26-38(27-33-42)17-15-13-11-9-7-5-2)43-34-28-40(29-35-43)23-22-39-20-18-36(3)19-21-39/h18-35H,4-17H2,1-3H3/b23-22+. The van der Waals surface area contributed by atoms with Crippen molar-refractivity contribution < 1.29 is 0 Å². The minimum atomic E-state index is 1.17. The third-order valence-corrected chi connectivity index (χ3v) is 8.72. The quantitative estimate of drug-likeness (QED) is 0.0781. The molecule has 0 aliphatic carbocycles. The Hall–Kier alpha value is -3.58. The highest BCUT2D eigenvalue weighted by Gasteiger charge is 2.13. The van der Waals surface area contributed by atoms with Crippen LogP contribution in [-0.2, 0) is 12.8 Å². The summed E-state index contributed by atoms with van der Waals surface area (Å²) >= 11 is 0. The van der Waals surface area contributed by atoms with Crippen LogP contribution in [0.5, 0.6) is 0 Å². The summed E-state index contributed by atoms with van der Waals surface area (Å²) in [4.78, 5) is 2.40. The maximum Gasteiger partial charge on any atom is 0.0462 e. The SMILES string of the molecule is CCCCCCCCc1ccc(N(c2ccc(/C=C/c3ccc(C)cc3)cc2)c2ccc(CCCCCCCC)cc2)cc1. The molecule has 1 nitrogen and oxygen atoms in total. The van der Waals surface area contributed by atoms with Gasteiger partial charge in [0.15, 0.2) is 0 Å². The predicted molar refractivity (Wildman–Crippen MR) is 195 cm³/mol. The molecule has 0 bridgehead atoms. The summed E-state index contributed by atoms with van der Waals surface area (Å²) < 4.78 is 0. The Balaban J connectivity index is 1.47. The van der Waals surface area contributed by atoms with Crippen molar-refractivity contribution in [2.24, 2.45) is 0 Å². The van der Waals surface area contributed by atoms with Crippen LogP contribution < -0.4 is 4.90 Å². The Bertz CT molecular complexity index is 1290. The van der Waals surface area contributed by atoms with Crippen LogP contribution >= 0.6 is 0 Å². The lowest BCUT2D eigenvalue weighted by Crippen LogP contribution is -2.10. The number of nitrogens with zero attached hydrogens (tertiary/aromatic N) is 1. The van der Waals surface area contributed by atoms with Gasteiger partial charge in [0.1, 0.15) is 0 Å². The molecular weight excluding hydrogens is 530 g/mol. The average Bonchev–Trinajstić information content (AvgIpc) is 3.06. The van der Waals surface area contributed by atoms with Crippen molar-refractivity contribution in [2.45, 2.75) is 111 Å². The lowest BCUT2D eigenvalue weighted by molar-refractivity contribution is 0.607. The molecule has 44 heavy (non-hydrogen) atoms. The fourth-order valence-electron chi connectivity index (χ4n) is 5.89. The van der Waals surface area contributed by atoms with Crippen molar-refractivity contribution in [3.8, 4) is 0 Å². The molecule has 4 rings (SSSR count). The smallest absolute Gasteiger partial charge is 0.0462 e. The lowest BCUT2D eigenvalue weighted by atomic mass is 10.0. The summed E-state index contributed by atoms with van der Waals surface area (Å²) in [5.74, 6) is 0. The number of benzene rings is 4. The van der Waals surface area contributed by atoms with Gasteiger partial charge in [-0.2, -0.15) is 0 Å². The summed E-state index contributed by atoms with van der Waals surface area (Å²) in [7, 11) is 0. The molecule has 4 aromatic rings. The van der Waals surface area contributed by atoms with Gasteiger partial charge in [-0.25, -0.2) is 0 Å². The van der Waals surface area contributed by atoms with E-state index >= 15 is 0 Å². The molecule has 0 radical (unpaired) electrons. The summed E-state index contributed by atoms with van der Waals surface area (Å²) in [6.45, 7) is 6.70. The summed E-state index contributed by atoms with van der Waals surface area (Å²) in [6, 6.07) is 36.2. The minimum Gasteiger partial charge on any atom is -0.311 e. The zero-order valence-corrected chi connectivity index (χ0v) is 27.7. The molecule has 0 aliphatic heterocycles. The Morgan fingerprint density at radius 2 is 0.750 bits per heavy atom. The topological polar surface area (TPSA) is 3.24 Å². The molecule has 0 aromatic heterocycles. The molecule has 0 N–H and O–H groups in total. The average molecular weight is 586 g/mol. The van der Waals surface area contributed by atoms with E-state index < -0.39 is 0 Å². The molecule has 4 aromatic carbocycles. The molecule has 232 valence electrons. The number of hydrogen-bond donors (Lipinski definition) is 0. The van der Waals surface area contributed by atoms with Crippen LogP contribution in [0.25, 0.3) is 12.2 Å². The van der Waals surface area contributed by atoms with Crippen molar-refractivity contribution in [3.05, 3.63) is 125 Å². The van der Waals surface area contributed by atoms with Gasteiger partial charge in [0.25, 0.3) is 0 Å². The van der Waals surface area contributed by atoms with Gasteiger partial charge in [0.2, 0.25) is 0 Å². The number of rotatable bonds is 19. The molecule has 0 atom stereocenters. The Kier molecular flexibility index (Phi) is 14.3. The highest BCUT2D eigenvalue weighted by molar-refractivity contribution is 5.78. The van der Waals surface area contributed by atoms with Gasteiger partial charge in [-0.15, -0.1) is 0 Å². The third kappa shape index (κ3) is 11.2. The van der Waals surface area contributed by atoms with E-state index in [9.17, 15) is 0 Å². The third-order valence-electron chi connectivity index (χ3n) is 8.72. The largest absolute Gasteiger partial charge is 0.311 e. The van der Waals surface area contributed by atoms with E-state index in [4.69, 9.17) is 0 Å². The normalized spacial score (nSPS) is 11.3. The monoisotopic (exact) mass is 585 g/mol. The van der Waals surface area contributed by atoms with Crippen LogP contribution in [0.1, 0.15) is 119 Å². The predicted octanol–water partition coefficient (Wildman–Crippen LogP) is 13.4. The maximum absolute atomic E-state index is 2.40. The fourth-order valence-corrected chi connectivity index (χ4v) is 5.89. The first-order valence-electron chi connectivity index (χ1n) is 17.5. The van der Waals surface area contributed by atoms with Gasteiger partial charge in [0.05, 0.1) is 0 Å². The van der Waals surface area contributed by atoms with E-state index in [0.29, 0.717) is 0 Å². The molecule has 0 unspecified atom stereocenters. The Morgan fingerprint density at radius 3 is 1.16 bits per heavy atom. The van der Waals surface area contributed by atoms with Crippen molar-refractivity contribution in [1.82, 2.24) is 0 Å². The number of aryl methyl sites for hydroxylation is 3. The van der Waals surface area contributed by atoms with Gasteiger partial charge in [-0.1, -0.05) is 156 Å². The number of anilines is 3. The van der Waals surface area contributed by atoms with Crippen molar-refractivity contribution in [1.29, 1.82) is 0 Å².